The average molecular weight is 271 g/mol. The van der Waals surface area contributed by atoms with Crippen molar-refractivity contribution >= 4 is 17.5 Å². The summed E-state index contributed by atoms with van der Waals surface area (Å²) in [5.74, 6) is 0.192. The van der Waals surface area contributed by atoms with Gasteiger partial charge in [0.15, 0.2) is 0 Å². The van der Waals surface area contributed by atoms with Crippen molar-refractivity contribution in [3.8, 4) is 5.75 Å². The Morgan fingerprint density at radius 3 is 2.40 bits per heavy atom. The van der Waals surface area contributed by atoms with Gasteiger partial charge in [0.25, 0.3) is 0 Å². The van der Waals surface area contributed by atoms with Crippen LogP contribution in [0, 0.1) is 11.8 Å². The number of anilines is 1. The molecule has 0 spiro atoms. The van der Waals surface area contributed by atoms with Gasteiger partial charge in [-0.05, 0) is 44.0 Å². The number of amides is 2. The zero-order valence-electron chi connectivity index (χ0n) is 11.6. The van der Waals surface area contributed by atoms with E-state index in [9.17, 15) is 9.59 Å². The van der Waals surface area contributed by atoms with E-state index in [1.807, 2.05) is 6.92 Å². The van der Waals surface area contributed by atoms with Gasteiger partial charge in [-0.15, -0.1) is 0 Å². The van der Waals surface area contributed by atoms with Gasteiger partial charge in [0.05, 0.1) is 24.6 Å². The lowest BCUT2D eigenvalue weighted by Crippen LogP contribution is -2.30. The summed E-state index contributed by atoms with van der Waals surface area (Å²) >= 11 is 0. The molecule has 1 heterocycles. The van der Waals surface area contributed by atoms with E-state index in [1.54, 1.807) is 31.4 Å². The van der Waals surface area contributed by atoms with E-state index in [1.165, 1.54) is 10.5 Å². The number of allylic oxidation sites excluding steroid dienone is 2. The predicted octanol–water partition coefficient (Wildman–Crippen LogP) is 2.54. The van der Waals surface area contributed by atoms with Crippen LogP contribution >= 0.6 is 0 Å². The molecule has 4 heteroatoms. The minimum absolute atomic E-state index is 0.0717. The monoisotopic (exact) mass is 271 g/mol. The Morgan fingerprint density at radius 1 is 1.10 bits per heavy atom. The molecule has 0 saturated carbocycles. The zero-order chi connectivity index (χ0) is 14.3. The number of imide groups is 1. The maximum absolute atomic E-state index is 12.5. The van der Waals surface area contributed by atoms with Crippen LogP contribution in [0.1, 0.15) is 19.8 Å². The first-order valence-electron chi connectivity index (χ1n) is 6.79. The number of ether oxygens (including phenoxy) is 1. The molecule has 0 bridgehead atoms. The minimum atomic E-state index is -0.187. The van der Waals surface area contributed by atoms with Crippen LogP contribution in [0.5, 0.6) is 5.75 Å². The second kappa shape index (κ2) is 4.78. The fourth-order valence-corrected chi connectivity index (χ4v) is 3.02. The fraction of sp³-hybridized carbons (Fsp3) is 0.375. The summed E-state index contributed by atoms with van der Waals surface area (Å²) in [6, 6.07) is 7.04. The first kappa shape index (κ1) is 12.9. The van der Waals surface area contributed by atoms with Gasteiger partial charge in [-0.25, -0.2) is 0 Å². The second-order valence-corrected chi connectivity index (χ2v) is 5.41. The molecule has 2 atom stereocenters. The van der Waals surface area contributed by atoms with Gasteiger partial charge in [0.2, 0.25) is 11.8 Å². The molecule has 1 aromatic carbocycles. The molecule has 3 rings (SSSR count). The number of carbonyl (C=O) groups is 2. The first-order chi connectivity index (χ1) is 9.61. The molecule has 1 aliphatic heterocycles. The van der Waals surface area contributed by atoms with Crippen molar-refractivity contribution < 1.29 is 14.3 Å². The second-order valence-electron chi connectivity index (χ2n) is 5.41. The van der Waals surface area contributed by atoms with Crippen LogP contribution in [0.25, 0.3) is 0 Å². The van der Waals surface area contributed by atoms with Crippen molar-refractivity contribution in [1.82, 2.24) is 0 Å². The third-order valence-electron chi connectivity index (χ3n) is 4.15. The van der Waals surface area contributed by atoms with Gasteiger partial charge in [-0.2, -0.15) is 0 Å². The number of hydrogen-bond acceptors (Lipinski definition) is 3. The number of fused-ring (bicyclic) bond motifs is 1. The Hall–Kier alpha value is -2.10. The van der Waals surface area contributed by atoms with Crippen LogP contribution < -0.4 is 9.64 Å². The molecule has 2 aliphatic rings. The van der Waals surface area contributed by atoms with E-state index in [0.29, 0.717) is 24.3 Å². The summed E-state index contributed by atoms with van der Waals surface area (Å²) < 4.78 is 5.10. The smallest absolute Gasteiger partial charge is 0.238 e. The van der Waals surface area contributed by atoms with Crippen LogP contribution in [0.15, 0.2) is 35.9 Å². The number of hydrogen-bond donors (Lipinski definition) is 0. The number of benzene rings is 1. The molecule has 1 aliphatic carbocycles. The topological polar surface area (TPSA) is 46.6 Å². The van der Waals surface area contributed by atoms with Crippen LogP contribution in [-0.2, 0) is 9.59 Å². The Balaban J connectivity index is 1.91. The number of rotatable bonds is 2. The van der Waals surface area contributed by atoms with Crippen LogP contribution in [0.3, 0.4) is 0 Å². The van der Waals surface area contributed by atoms with E-state index < -0.39 is 0 Å². The Morgan fingerprint density at radius 2 is 1.75 bits per heavy atom. The summed E-state index contributed by atoms with van der Waals surface area (Å²) in [7, 11) is 1.59. The number of nitrogens with zero attached hydrogens (tertiary/aromatic N) is 1. The van der Waals surface area contributed by atoms with Crippen molar-refractivity contribution in [3.63, 3.8) is 0 Å². The van der Waals surface area contributed by atoms with E-state index in [0.717, 1.165) is 0 Å². The minimum Gasteiger partial charge on any atom is -0.497 e. The van der Waals surface area contributed by atoms with Gasteiger partial charge < -0.3 is 4.74 Å². The highest BCUT2D eigenvalue weighted by Gasteiger charge is 2.48. The van der Waals surface area contributed by atoms with E-state index >= 15 is 0 Å². The van der Waals surface area contributed by atoms with Gasteiger partial charge in [0, 0.05) is 0 Å². The molecular formula is C16H17NO3. The highest BCUT2D eigenvalue weighted by Crippen LogP contribution is 2.39. The quantitative estimate of drug-likeness (QED) is 0.613. The van der Waals surface area contributed by atoms with Crippen molar-refractivity contribution in [2.24, 2.45) is 11.8 Å². The Labute approximate surface area is 118 Å². The average Bonchev–Trinajstić information content (AvgIpc) is 2.71. The highest BCUT2D eigenvalue weighted by molar-refractivity contribution is 6.22. The molecule has 1 aromatic rings. The predicted molar refractivity (Wildman–Crippen MR) is 75.5 cm³/mol. The highest BCUT2D eigenvalue weighted by atomic mass is 16.5. The van der Waals surface area contributed by atoms with E-state index in [2.05, 4.69) is 6.08 Å². The Kier molecular flexibility index (Phi) is 3.08. The molecule has 0 radical (unpaired) electrons. The lowest BCUT2D eigenvalue weighted by Gasteiger charge is -2.18. The van der Waals surface area contributed by atoms with Gasteiger partial charge in [0.1, 0.15) is 5.75 Å². The first-order valence-corrected chi connectivity index (χ1v) is 6.79. The lowest BCUT2D eigenvalue weighted by atomic mass is 9.82. The third kappa shape index (κ3) is 1.92. The summed E-state index contributed by atoms with van der Waals surface area (Å²) in [5.41, 5.74) is 1.83. The van der Waals surface area contributed by atoms with Crippen molar-refractivity contribution in [3.05, 3.63) is 35.9 Å². The van der Waals surface area contributed by atoms with Crippen LogP contribution in [-0.4, -0.2) is 18.9 Å². The van der Waals surface area contributed by atoms with Crippen molar-refractivity contribution in [2.45, 2.75) is 19.8 Å². The summed E-state index contributed by atoms with van der Waals surface area (Å²) in [6.45, 7) is 2.02. The molecule has 0 aromatic heterocycles. The van der Waals surface area contributed by atoms with Gasteiger partial charge in [-0.3, -0.25) is 14.5 Å². The van der Waals surface area contributed by atoms with Crippen LogP contribution in [0.2, 0.25) is 0 Å². The summed E-state index contributed by atoms with van der Waals surface area (Å²) in [5, 5.41) is 0. The third-order valence-corrected chi connectivity index (χ3v) is 4.15. The van der Waals surface area contributed by atoms with Gasteiger partial charge >= 0.3 is 0 Å². The molecule has 0 unspecified atom stereocenters. The number of carbonyl (C=O) groups excluding carboxylic acids is 2. The standard InChI is InChI=1S/C16H17NO3/c1-10-3-8-13-14(9-10)16(19)17(15(13)18)11-4-6-12(20-2)7-5-11/h3-7,13-14H,8-9H2,1-2H3/t13-,14+/m0/s1. The molecule has 1 fully saturated rings. The molecule has 4 nitrogen and oxygen atoms in total. The van der Waals surface area contributed by atoms with Gasteiger partial charge in [-0.1, -0.05) is 11.6 Å². The largest absolute Gasteiger partial charge is 0.497 e. The molecular weight excluding hydrogens is 254 g/mol. The Bertz CT molecular complexity index is 588. The lowest BCUT2D eigenvalue weighted by molar-refractivity contribution is -0.122. The number of methoxy groups -OCH3 is 1. The summed E-state index contributed by atoms with van der Waals surface area (Å²) in [6.07, 6.45) is 3.44. The summed E-state index contributed by atoms with van der Waals surface area (Å²) in [4.78, 5) is 26.3. The molecule has 20 heavy (non-hydrogen) atoms. The van der Waals surface area contributed by atoms with Crippen molar-refractivity contribution in [2.75, 3.05) is 12.0 Å². The van der Waals surface area contributed by atoms with Crippen molar-refractivity contribution in [1.29, 1.82) is 0 Å². The molecule has 2 amide bonds. The fourth-order valence-electron chi connectivity index (χ4n) is 3.02. The molecule has 104 valence electrons. The van der Waals surface area contributed by atoms with E-state index in [-0.39, 0.29) is 23.7 Å². The zero-order valence-corrected chi connectivity index (χ0v) is 11.6. The van der Waals surface area contributed by atoms with Crippen LogP contribution in [0.4, 0.5) is 5.69 Å². The SMILES string of the molecule is COc1ccc(N2C(=O)[C@H]3CC=C(C)C[C@H]3C2=O)cc1. The maximum atomic E-state index is 12.5. The maximum Gasteiger partial charge on any atom is 0.238 e. The normalized spacial score (nSPS) is 25.5. The van der Waals surface area contributed by atoms with E-state index in [4.69, 9.17) is 4.74 Å². The molecule has 1 saturated heterocycles. The molecule has 0 N–H and O–H groups in total.